The molecule has 2 heterocycles. The number of carboxylic acid groups (broad SMARTS) is 1. The molecule has 1 atom stereocenters. The molecule has 1 aromatic heterocycles. The Bertz CT molecular complexity index is 1070. The lowest BCUT2D eigenvalue weighted by molar-refractivity contribution is 0.0687. The maximum absolute atomic E-state index is 13.3. The highest BCUT2D eigenvalue weighted by Crippen LogP contribution is 2.29. The number of aryl methyl sites for hydroxylation is 2. The second-order valence-electron chi connectivity index (χ2n) is 7.99. The first-order valence-electron chi connectivity index (χ1n) is 10.3. The normalized spacial score (nSPS) is 16.5. The molecule has 5 heteroatoms. The van der Waals surface area contributed by atoms with Crippen molar-refractivity contribution in [3.8, 4) is 5.69 Å². The van der Waals surface area contributed by atoms with Crippen molar-refractivity contribution in [3.05, 3.63) is 88.7 Å². The molecule has 0 spiro atoms. The van der Waals surface area contributed by atoms with Gasteiger partial charge in [0.25, 0.3) is 5.91 Å². The maximum Gasteiger partial charge on any atom is 0.337 e. The van der Waals surface area contributed by atoms with Crippen molar-refractivity contribution in [2.24, 2.45) is 0 Å². The SMILES string of the molecule is Cc1ccc(C)n1-c1cc(C(=O)N2CCCC(c3ccccc3)C2)ccc1C(=O)O. The minimum atomic E-state index is -1.00. The summed E-state index contributed by atoms with van der Waals surface area (Å²) < 4.78 is 1.89. The van der Waals surface area contributed by atoms with E-state index < -0.39 is 5.97 Å². The first-order chi connectivity index (χ1) is 14.5. The summed E-state index contributed by atoms with van der Waals surface area (Å²) in [5, 5.41) is 9.68. The van der Waals surface area contributed by atoms with E-state index in [0.717, 1.165) is 30.8 Å². The van der Waals surface area contributed by atoms with E-state index in [-0.39, 0.29) is 11.5 Å². The van der Waals surface area contributed by atoms with Crippen LogP contribution in [0.25, 0.3) is 5.69 Å². The number of piperidine rings is 1. The van der Waals surface area contributed by atoms with Crippen LogP contribution in [0.5, 0.6) is 0 Å². The molecule has 5 nitrogen and oxygen atoms in total. The van der Waals surface area contributed by atoms with Gasteiger partial charge in [-0.2, -0.15) is 0 Å². The van der Waals surface area contributed by atoms with E-state index in [1.54, 1.807) is 18.2 Å². The Kier molecular flexibility index (Phi) is 5.44. The number of benzene rings is 2. The summed E-state index contributed by atoms with van der Waals surface area (Å²) in [6.45, 7) is 5.27. The van der Waals surface area contributed by atoms with Gasteiger partial charge in [0.2, 0.25) is 0 Å². The summed E-state index contributed by atoms with van der Waals surface area (Å²) in [5.74, 6) is -0.717. The zero-order valence-electron chi connectivity index (χ0n) is 17.3. The highest BCUT2D eigenvalue weighted by Gasteiger charge is 2.26. The molecule has 2 aromatic carbocycles. The Hall–Kier alpha value is -3.34. The summed E-state index contributed by atoms with van der Waals surface area (Å²) in [6.07, 6.45) is 2.03. The van der Waals surface area contributed by atoms with Gasteiger partial charge < -0.3 is 14.6 Å². The number of nitrogens with zero attached hydrogens (tertiary/aromatic N) is 2. The Labute approximate surface area is 176 Å². The van der Waals surface area contributed by atoms with E-state index in [2.05, 4.69) is 12.1 Å². The van der Waals surface area contributed by atoms with Crippen molar-refractivity contribution in [1.82, 2.24) is 9.47 Å². The number of aromatic nitrogens is 1. The van der Waals surface area contributed by atoms with Crippen molar-refractivity contribution in [1.29, 1.82) is 0 Å². The minimum absolute atomic E-state index is 0.0451. The first-order valence-corrected chi connectivity index (χ1v) is 10.3. The van der Waals surface area contributed by atoms with E-state index in [1.165, 1.54) is 5.56 Å². The number of hydrogen-bond acceptors (Lipinski definition) is 2. The standard InChI is InChI=1S/C25H26N2O3/c1-17-10-11-18(2)27(17)23-15-20(12-13-22(23)25(29)30)24(28)26-14-6-9-21(16-26)19-7-4-3-5-8-19/h3-5,7-8,10-13,15,21H,6,9,14,16H2,1-2H3,(H,29,30). The Balaban J connectivity index is 1.66. The fourth-order valence-corrected chi connectivity index (χ4v) is 4.42. The zero-order chi connectivity index (χ0) is 21.3. The molecule has 1 N–H and O–H groups in total. The van der Waals surface area contributed by atoms with Crippen LogP contribution in [-0.2, 0) is 0 Å². The number of likely N-dealkylation sites (tertiary alicyclic amines) is 1. The maximum atomic E-state index is 13.3. The van der Waals surface area contributed by atoms with Crippen LogP contribution in [0.2, 0.25) is 0 Å². The van der Waals surface area contributed by atoms with E-state index in [9.17, 15) is 14.7 Å². The van der Waals surface area contributed by atoms with Gasteiger partial charge in [0.05, 0.1) is 11.3 Å². The van der Waals surface area contributed by atoms with E-state index >= 15 is 0 Å². The molecule has 0 saturated carbocycles. The van der Waals surface area contributed by atoms with Crippen LogP contribution in [0, 0.1) is 13.8 Å². The van der Waals surface area contributed by atoms with Gasteiger partial charge in [-0.1, -0.05) is 30.3 Å². The molecule has 30 heavy (non-hydrogen) atoms. The molecule has 1 unspecified atom stereocenters. The van der Waals surface area contributed by atoms with Crippen molar-refractivity contribution in [2.75, 3.05) is 13.1 Å². The van der Waals surface area contributed by atoms with E-state index in [4.69, 9.17) is 0 Å². The molecule has 0 radical (unpaired) electrons. The molecule has 0 bridgehead atoms. The predicted molar refractivity (Wildman–Crippen MR) is 117 cm³/mol. The summed E-state index contributed by atoms with van der Waals surface area (Å²) >= 11 is 0. The number of carbonyl (C=O) groups is 2. The predicted octanol–water partition coefficient (Wildman–Crippen LogP) is 4.81. The molecule has 1 amide bonds. The van der Waals surface area contributed by atoms with Gasteiger partial charge in [0.1, 0.15) is 0 Å². The van der Waals surface area contributed by atoms with Gasteiger partial charge in [0.15, 0.2) is 0 Å². The summed E-state index contributed by atoms with van der Waals surface area (Å²) in [4.78, 5) is 27.0. The number of aromatic carboxylic acids is 1. The first kappa shape index (κ1) is 20.0. The molecular formula is C25H26N2O3. The fraction of sp³-hybridized carbons (Fsp3) is 0.280. The Morgan fingerprint density at radius 2 is 1.67 bits per heavy atom. The molecule has 1 aliphatic heterocycles. The van der Waals surface area contributed by atoms with E-state index in [0.29, 0.717) is 23.7 Å². The van der Waals surface area contributed by atoms with Crippen molar-refractivity contribution >= 4 is 11.9 Å². The van der Waals surface area contributed by atoms with Crippen LogP contribution in [0.4, 0.5) is 0 Å². The average molecular weight is 402 g/mol. The van der Waals surface area contributed by atoms with Crippen molar-refractivity contribution in [2.45, 2.75) is 32.6 Å². The van der Waals surface area contributed by atoms with Crippen LogP contribution in [-0.4, -0.2) is 39.5 Å². The second kappa shape index (κ2) is 8.19. The number of hydrogen-bond donors (Lipinski definition) is 1. The molecule has 1 fully saturated rings. The zero-order valence-corrected chi connectivity index (χ0v) is 17.3. The van der Waals surface area contributed by atoms with Crippen LogP contribution in [0.1, 0.15) is 56.4 Å². The van der Waals surface area contributed by atoms with Crippen LogP contribution < -0.4 is 0 Å². The largest absolute Gasteiger partial charge is 0.478 e. The lowest BCUT2D eigenvalue weighted by Gasteiger charge is -2.33. The van der Waals surface area contributed by atoms with Crippen LogP contribution >= 0.6 is 0 Å². The third kappa shape index (κ3) is 3.75. The van der Waals surface area contributed by atoms with Gasteiger partial charge in [-0.05, 0) is 62.6 Å². The number of amides is 1. The average Bonchev–Trinajstić information content (AvgIpc) is 3.11. The molecule has 0 aliphatic carbocycles. The lowest BCUT2D eigenvalue weighted by Crippen LogP contribution is -2.39. The number of carbonyl (C=O) groups excluding carboxylic acids is 1. The van der Waals surface area contributed by atoms with Gasteiger partial charge in [0, 0.05) is 36.0 Å². The third-order valence-corrected chi connectivity index (χ3v) is 5.97. The second-order valence-corrected chi connectivity index (χ2v) is 7.99. The van der Waals surface area contributed by atoms with Crippen LogP contribution in [0.15, 0.2) is 60.7 Å². The quantitative estimate of drug-likeness (QED) is 0.681. The Morgan fingerprint density at radius 3 is 2.33 bits per heavy atom. The smallest absolute Gasteiger partial charge is 0.337 e. The fourth-order valence-electron chi connectivity index (χ4n) is 4.42. The number of carboxylic acids is 1. The Morgan fingerprint density at radius 1 is 0.967 bits per heavy atom. The number of rotatable bonds is 4. The van der Waals surface area contributed by atoms with Gasteiger partial charge in [-0.15, -0.1) is 0 Å². The van der Waals surface area contributed by atoms with Crippen molar-refractivity contribution < 1.29 is 14.7 Å². The summed E-state index contributed by atoms with van der Waals surface area (Å²) in [7, 11) is 0. The lowest BCUT2D eigenvalue weighted by atomic mass is 9.90. The third-order valence-electron chi connectivity index (χ3n) is 5.97. The molecule has 1 saturated heterocycles. The highest BCUT2D eigenvalue weighted by atomic mass is 16.4. The van der Waals surface area contributed by atoms with Gasteiger partial charge in [-0.25, -0.2) is 4.79 Å². The molecule has 3 aromatic rings. The molecule has 154 valence electrons. The monoisotopic (exact) mass is 402 g/mol. The molecular weight excluding hydrogens is 376 g/mol. The van der Waals surface area contributed by atoms with E-state index in [1.807, 2.05) is 53.6 Å². The van der Waals surface area contributed by atoms with Gasteiger partial charge in [-0.3, -0.25) is 4.79 Å². The van der Waals surface area contributed by atoms with Gasteiger partial charge >= 0.3 is 5.97 Å². The molecule has 1 aliphatic rings. The summed E-state index contributed by atoms with van der Waals surface area (Å²) in [6, 6.07) is 19.1. The minimum Gasteiger partial charge on any atom is -0.478 e. The van der Waals surface area contributed by atoms with Crippen LogP contribution in [0.3, 0.4) is 0 Å². The topological polar surface area (TPSA) is 62.5 Å². The summed E-state index contributed by atoms with van der Waals surface area (Å²) in [5.41, 5.74) is 4.37. The molecule has 4 rings (SSSR count). The van der Waals surface area contributed by atoms with Crippen molar-refractivity contribution in [3.63, 3.8) is 0 Å². The highest BCUT2D eigenvalue weighted by molar-refractivity contribution is 5.98.